The Hall–Kier alpha value is -3.03. The van der Waals surface area contributed by atoms with Crippen molar-refractivity contribution < 1.29 is 9.68 Å². The summed E-state index contributed by atoms with van der Waals surface area (Å²) in [6, 6.07) is 8.52. The van der Waals surface area contributed by atoms with Crippen molar-refractivity contribution in [2.45, 2.75) is 6.04 Å². The van der Waals surface area contributed by atoms with Gasteiger partial charge in [-0.05, 0) is 11.4 Å². The van der Waals surface area contributed by atoms with Crippen molar-refractivity contribution in [2.75, 3.05) is 28.2 Å². The monoisotopic (exact) mass is 359 g/mol. The van der Waals surface area contributed by atoms with E-state index >= 15 is 0 Å². The van der Waals surface area contributed by atoms with Crippen LogP contribution in [0.15, 0.2) is 39.9 Å². The number of nitrogens with one attached hydrogen (secondary N) is 1. The molecule has 8 nitrogen and oxygen atoms in total. The van der Waals surface area contributed by atoms with Crippen molar-refractivity contribution in [2.24, 2.45) is 14.1 Å². The van der Waals surface area contributed by atoms with Crippen molar-refractivity contribution >= 4 is 5.96 Å². The Balaban J connectivity index is 2.78. The minimum absolute atomic E-state index is 0.00185. The molecule has 1 atom stereocenters. The summed E-state index contributed by atoms with van der Waals surface area (Å²) < 4.78 is 3.77. The van der Waals surface area contributed by atoms with Crippen LogP contribution in [0.25, 0.3) is 0 Å². The van der Waals surface area contributed by atoms with E-state index < -0.39 is 23.2 Å². The van der Waals surface area contributed by atoms with Gasteiger partial charge in [0.2, 0.25) is 0 Å². The lowest BCUT2D eigenvalue weighted by atomic mass is 10.0. The molecule has 140 valence electrons. The lowest BCUT2D eigenvalue weighted by Crippen LogP contribution is -2.48. The van der Waals surface area contributed by atoms with Gasteiger partial charge in [0.1, 0.15) is 6.04 Å². The van der Waals surface area contributed by atoms with E-state index in [1.807, 2.05) is 68.0 Å². The topological polar surface area (TPSA) is 85.3 Å². The Morgan fingerprint density at radius 2 is 1.69 bits per heavy atom. The van der Waals surface area contributed by atoms with Crippen molar-refractivity contribution in [3.63, 3.8) is 0 Å². The molecule has 26 heavy (non-hydrogen) atoms. The number of hydrogen-bond donors (Lipinski definition) is 1. The van der Waals surface area contributed by atoms with Crippen LogP contribution in [0.1, 0.15) is 17.2 Å². The van der Waals surface area contributed by atoms with Crippen LogP contribution < -0.4 is 21.7 Å². The van der Waals surface area contributed by atoms with Gasteiger partial charge in [-0.1, -0.05) is 30.3 Å². The van der Waals surface area contributed by atoms with Gasteiger partial charge in [-0.25, -0.2) is 4.79 Å². The summed E-state index contributed by atoms with van der Waals surface area (Å²) in [7, 11) is 10.2. The number of aromatic nitrogens is 2. The smallest absolute Gasteiger partial charge is 0.348 e. The van der Waals surface area contributed by atoms with Crippen molar-refractivity contribution in [1.29, 1.82) is 0 Å². The lowest BCUT2D eigenvalue weighted by molar-refractivity contribution is -0.472. The highest BCUT2D eigenvalue weighted by Gasteiger charge is 2.27. The number of nitrogens with zero attached hydrogens (tertiary/aromatic N) is 4. The maximum absolute atomic E-state index is 12.8. The van der Waals surface area contributed by atoms with Gasteiger partial charge in [-0.3, -0.25) is 24.2 Å². The SMILES string of the molecule is CN(C)C(NC(c1ccccc1)c1c([O-])n(C)c(=O)n(C)c1=O)=[N+](C)C. The summed E-state index contributed by atoms with van der Waals surface area (Å²) in [6.07, 6.45) is 0. The van der Waals surface area contributed by atoms with E-state index in [0.717, 1.165) is 14.7 Å². The molecule has 1 aromatic heterocycles. The summed E-state index contributed by atoms with van der Waals surface area (Å²) in [5.41, 5.74) is -0.486. The molecule has 0 saturated carbocycles. The second kappa shape index (κ2) is 7.47. The fourth-order valence-electron chi connectivity index (χ4n) is 2.85. The molecular formula is C18H25N5O3. The zero-order valence-corrected chi connectivity index (χ0v) is 16.0. The first-order chi connectivity index (χ1) is 12.2. The minimum atomic E-state index is -0.700. The molecule has 0 spiro atoms. The van der Waals surface area contributed by atoms with Gasteiger partial charge in [-0.15, -0.1) is 0 Å². The van der Waals surface area contributed by atoms with Gasteiger partial charge in [-0.2, -0.15) is 0 Å². The molecule has 2 aromatic rings. The van der Waals surface area contributed by atoms with Gasteiger partial charge in [0.15, 0.2) is 0 Å². The normalized spacial score (nSPS) is 11.8. The first kappa shape index (κ1) is 19.3. The molecular weight excluding hydrogens is 334 g/mol. The third-order valence-corrected chi connectivity index (χ3v) is 4.19. The Morgan fingerprint density at radius 1 is 1.12 bits per heavy atom. The zero-order chi connectivity index (χ0) is 19.6. The highest BCUT2D eigenvalue weighted by Crippen LogP contribution is 2.24. The number of hydrogen-bond acceptors (Lipinski definition) is 3. The second-order valence-electron chi connectivity index (χ2n) is 6.53. The molecule has 0 saturated heterocycles. The minimum Gasteiger partial charge on any atom is -0.860 e. The molecule has 0 bridgehead atoms. The van der Waals surface area contributed by atoms with Crippen LogP contribution >= 0.6 is 0 Å². The summed E-state index contributed by atoms with van der Waals surface area (Å²) in [6.45, 7) is 0. The van der Waals surface area contributed by atoms with Gasteiger partial charge >= 0.3 is 11.6 Å². The van der Waals surface area contributed by atoms with Crippen molar-refractivity contribution in [1.82, 2.24) is 19.4 Å². The fourth-order valence-corrected chi connectivity index (χ4v) is 2.85. The van der Waals surface area contributed by atoms with Crippen LogP contribution in [0.2, 0.25) is 0 Å². The van der Waals surface area contributed by atoms with E-state index in [2.05, 4.69) is 5.32 Å². The number of guanidine groups is 1. The Morgan fingerprint density at radius 3 is 2.19 bits per heavy atom. The standard InChI is InChI=1S/C18H25N5O3/c1-20(2)17(21(3)4)19-14(12-10-8-7-9-11-12)13-15(24)22(5)18(26)23(6)16(13)25/h7-11,14H,1-6H3,(H,24,25). The first-order valence-corrected chi connectivity index (χ1v) is 8.16. The van der Waals surface area contributed by atoms with Crippen LogP contribution in [-0.4, -0.2) is 52.8 Å². The average Bonchev–Trinajstić information content (AvgIpc) is 2.61. The molecule has 8 heteroatoms. The third-order valence-electron chi connectivity index (χ3n) is 4.19. The van der Waals surface area contributed by atoms with E-state index in [-0.39, 0.29) is 5.56 Å². The van der Waals surface area contributed by atoms with Crippen LogP contribution in [0, 0.1) is 0 Å². The molecule has 0 amide bonds. The van der Waals surface area contributed by atoms with Gasteiger partial charge < -0.3 is 9.67 Å². The number of rotatable bonds is 3. The molecule has 0 aliphatic heterocycles. The summed E-state index contributed by atoms with van der Waals surface area (Å²) in [4.78, 5) is 26.7. The molecule has 2 rings (SSSR count). The maximum atomic E-state index is 12.8. The highest BCUT2D eigenvalue weighted by atomic mass is 16.3. The predicted molar refractivity (Wildman–Crippen MR) is 98.6 cm³/mol. The van der Waals surface area contributed by atoms with Crippen LogP contribution in [-0.2, 0) is 14.1 Å². The van der Waals surface area contributed by atoms with E-state index in [1.165, 1.54) is 14.1 Å². The lowest BCUT2D eigenvalue weighted by Gasteiger charge is -2.26. The Bertz CT molecular complexity index is 938. The summed E-state index contributed by atoms with van der Waals surface area (Å²) >= 11 is 0. The van der Waals surface area contributed by atoms with Crippen LogP contribution in [0.4, 0.5) is 0 Å². The largest absolute Gasteiger partial charge is 0.860 e. The Kier molecular flexibility index (Phi) is 5.54. The highest BCUT2D eigenvalue weighted by molar-refractivity contribution is 5.75. The second-order valence-corrected chi connectivity index (χ2v) is 6.53. The molecule has 0 aliphatic rings. The molecule has 1 heterocycles. The van der Waals surface area contributed by atoms with E-state index in [1.54, 1.807) is 0 Å². The molecule has 1 N–H and O–H groups in total. The molecule has 0 fully saturated rings. The summed E-state index contributed by atoms with van der Waals surface area (Å²) in [5.74, 6) is 0.116. The van der Waals surface area contributed by atoms with Gasteiger partial charge in [0.25, 0.3) is 5.56 Å². The van der Waals surface area contributed by atoms with Gasteiger partial charge in [0.05, 0.1) is 33.8 Å². The number of benzene rings is 1. The zero-order valence-electron chi connectivity index (χ0n) is 16.0. The summed E-state index contributed by atoms with van der Waals surface area (Å²) in [5, 5.41) is 16.1. The fraction of sp³-hybridized carbons (Fsp3) is 0.389. The van der Waals surface area contributed by atoms with E-state index in [0.29, 0.717) is 5.96 Å². The molecule has 0 aliphatic carbocycles. The molecule has 1 unspecified atom stereocenters. The quantitative estimate of drug-likeness (QED) is 0.433. The van der Waals surface area contributed by atoms with Crippen molar-refractivity contribution in [3.8, 4) is 5.88 Å². The van der Waals surface area contributed by atoms with Crippen LogP contribution in [0.3, 0.4) is 0 Å². The van der Waals surface area contributed by atoms with E-state index in [9.17, 15) is 14.7 Å². The Labute approximate surface area is 152 Å². The van der Waals surface area contributed by atoms with Crippen molar-refractivity contribution in [3.05, 3.63) is 62.3 Å². The predicted octanol–water partition coefficient (Wildman–Crippen LogP) is -0.974. The molecule has 0 radical (unpaired) electrons. The van der Waals surface area contributed by atoms with Gasteiger partial charge in [0, 0.05) is 14.1 Å². The first-order valence-electron chi connectivity index (χ1n) is 8.16. The maximum Gasteiger partial charge on any atom is 0.348 e. The third kappa shape index (κ3) is 3.49. The van der Waals surface area contributed by atoms with E-state index in [4.69, 9.17) is 0 Å². The average molecular weight is 359 g/mol. The van der Waals surface area contributed by atoms with Crippen LogP contribution in [0.5, 0.6) is 5.88 Å². The molecule has 1 aromatic carbocycles.